The second kappa shape index (κ2) is 6.86. The van der Waals surface area contributed by atoms with E-state index in [1.807, 2.05) is 12.1 Å². The standard InChI is InChI=1S/C13H19NO4/c1-14-11(13(15)16)7-5-9-4-6-10(17-2)8-12(9)18-3/h4,6,8,11,14H,5,7H2,1-3H3,(H,15,16)/t11-/m0/s1. The van der Waals surface area contributed by atoms with Crippen molar-refractivity contribution in [1.82, 2.24) is 5.32 Å². The minimum atomic E-state index is -0.843. The van der Waals surface area contributed by atoms with Gasteiger partial charge >= 0.3 is 5.97 Å². The molecule has 1 aromatic rings. The van der Waals surface area contributed by atoms with Crippen molar-refractivity contribution in [3.63, 3.8) is 0 Å². The molecule has 1 atom stereocenters. The van der Waals surface area contributed by atoms with E-state index in [2.05, 4.69) is 5.32 Å². The Bertz CT molecular complexity index is 406. The fourth-order valence-electron chi connectivity index (χ4n) is 1.75. The molecule has 0 amide bonds. The van der Waals surface area contributed by atoms with Crippen LogP contribution in [0, 0.1) is 0 Å². The van der Waals surface area contributed by atoms with E-state index >= 15 is 0 Å². The number of aliphatic carboxylic acids is 1. The lowest BCUT2D eigenvalue weighted by Crippen LogP contribution is -2.34. The van der Waals surface area contributed by atoms with Gasteiger partial charge in [-0.3, -0.25) is 4.79 Å². The first-order chi connectivity index (χ1) is 8.62. The molecule has 0 fully saturated rings. The van der Waals surface area contributed by atoms with Crippen LogP contribution in [0.1, 0.15) is 12.0 Å². The molecule has 1 rings (SSSR count). The van der Waals surface area contributed by atoms with Crippen molar-refractivity contribution in [3.8, 4) is 11.5 Å². The molecule has 0 saturated carbocycles. The molecule has 0 aromatic heterocycles. The van der Waals surface area contributed by atoms with Gasteiger partial charge in [-0.1, -0.05) is 6.07 Å². The highest BCUT2D eigenvalue weighted by Gasteiger charge is 2.15. The van der Waals surface area contributed by atoms with Crippen LogP contribution in [0.3, 0.4) is 0 Å². The van der Waals surface area contributed by atoms with Crippen LogP contribution in [-0.2, 0) is 11.2 Å². The third-order valence-corrected chi connectivity index (χ3v) is 2.84. The highest BCUT2D eigenvalue weighted by molar-refractivity contribution is 5.73. The summed E-state index contributed by atoms with van der Waals surface area (Å²) >= 11 is 0. The first kappa shape index (κ1) is 14.3. The maximum Gasteiger partial charge on any atom is 0.320 e. The molecule has 0 unspecified atom stereocenters. The number of carbonyl (C=O) groups is 1. The molecule has 0 saturated heterocycles. The fourth-order valence-corrected chi connectivity index (χ4v) is 1.75. The van der Waals surface area contributed by atoms with E-state index in [4.69, 9.17) is 14.6 Å². The number of carboxylic acid groups (broad SMARTS) is 1. The quantitative estimate of drug-likeness (QED) is 0.767. The first-order valence-corrected chi connectivity index (χ1v) is 5.73. The Morgan fingerprint density at radius 2 is 2.11 bits per heavy atom. The average Bonchev–Trinajstić information content (AvgIpc) is 2.39. The molecule has 0 bridgehead atoms. The van der Waals surface area contributed by atoms with Gasteiger partial charge < -0.3 is 19.9 Å². The summed E-state index contributed by atoms with van der Waals surface area (Å²) in [5.41, 5.74) is 0.972. The van der Waals surface area contributed by atoms with E-state index < -0.39 is 12.0 Å². The van der Waals surface area contributed by atoms with Gasteiger partial charge in [-0.15, -0.1) is 0 Å². The summed E-state index contributed by atoms with van der Waals surface area (Å²) in [7, 11) is 4.82. The van der Waals surface area contributed by atoms with E-state index in [-0.39, 0.29) is 0 Å². The number of nitrogens with one attached hydrogen (secondary N) is 1. The summed E-state index contributed by atoms with van der Waals surface area (Å²) in [6, 6.07) is 4.99. The second-order valence-electron chi connectivity index (χ2n) is 3.90. The molecule has 0 aliphatic heterocycles. The van der Waals surface area contributed by atoms with Crippen LogP contribution < -0.4 is 14.8 Å². The maximum atomic E-state index is 10.9. The Balaban J connectivity index is 2.75. The smallest absolute Gasteiger partial charge is 0.320 e. The summed E-state index contributed by atoms with van der Waals surface area (Å²) < 4.78 is 10.4. The van der Waals surface area contributed by atoms with Crippen molar-refractivity contribution in [1.29, 1.82) is 0 Å². The Morgan fingerprint density at radius 3 is 2.61 bits per heavy atom. The monoisotopic (exact) mass is 253 g/mol. The van der Waals surface area contributed by atoms with Gasteiger partial charge in [-0.2, -0.15) is 0 Å². The molecule has 5 heteroatoms. The van der Waals surface area contributed by atoms with Crippen molar-refractivity contribution < 1.29 is 19.4 Å². The average molecular weight is 253 g/mol. The summed E-state index contributed by atoms with van der Waals surface area (Å²) in [6.07, 6.45) is 1.14. The van der Waals surface area contributed by atoms with Gasteiger partial charge in [0.2, 0.25) is 0 Å². The zero-order valence-corrected chi connectivity index (χ0v) is 10.9. The van der Waals surface area contributed by atoms with Crippen LogP contribution in [0.5, 0.6) is 11.5 Å². The predicted octanol–water partition coefficient (Wildman–Crippen LogP) is 1.31. The molecule has 100 valence electrons. The van der Waals surface area contributed by atoms with Crippen molar-refractivity contribution in [2.24, 2.45) is 0 Å². The summed E-state index contributed by atoms with van der Waals surface area (Å²) in [6.45, 7) is 0. The van der Waals surface area contributed by atoms with Crippen molar-refractivity contribution in [2.45, 2.75) is 18.9 Å². The molecule has 5 nitrogen and oxygen atoms in total. The zero-order valence-electron chi connectivity index (χ0n) is 10.9. The SMILES string of the molecule is CN[C@@H](CCc1ccc(OC)cc1OC)C(=O)O. The molecule has 0 spiro atoms. The van der Waals surface area contributed by atoms with E-state index in [0.29, 0.717) is 12.8 Å². The zero-order chi connectivity index (χ0) is 13.5. The number of rotatable bonds is 7. The summed E-state index contributed by atoms with van der Waals surface area (Å²) in [5, 5.41) is 11.7. The van der Waals surface area contributed by atoms with Crippen molar-refractivity contribution >= 4 is 5.97 Å². The van der Waals surface area contributed by atoms with Crippen molar-refractivity contribution in [2.75, 3.05) is 21.3 Å². The minimum Gasteiger partial charge on any atom is -0.497 e. The first-order valence-electron chi connectivity index (χ1n) is 5.73. The molecule has 0 radical (unpaired) electrons. The number of methoxy groups -OCH3 is 2. The number of aryl methyl sites for hydroxylation is 1. The maximum absolute atomic E-state index is 10.9. The molecule has 0 aliphatic carbocycles. The Morgan fingerprint density at radius 1 is 1.39 bits per heavy atom. The number of ether oxygens (including phenoxy) is 2. The third-order valence-electron chi connectivity index (χ3n) is 2.84. The molecular formula is C13H19NO4. The summed E-state index contributed by atoms with van der Waals surface area (Å²) in [5.74, 6) is 0.596. The lowest BCUT2D eigenvalue weighted by molar-refractivity contribution is -0.139. The van der Waals surface area contributed by atoms with Crippen LogP contribution in [0.25, 0.3) is 0 Å². The van der Waals surface area contributed by atoms with Gasteiger partial charge in [-0.25, -0.2) is 0 Å². The lowest BCUT2D eigenvalue weighted by atomic mass is 10.0. The van der Waals surface area contributed by atoms with E-state index in [0.717, 1.165) is 17.1 Å². The van der Waals surface area contributed by atoms with Crippen molar-refractivity contribution in [3.05, 3.63) is 23.8 Å². The van der Waals surface area contributed by atoms with Gasteiger partial charge in [0, 0.05) is 6.07 Å². The number of hydrogen-bond acceptors (Lipinski definition) is 4. The number of hydrogen-bond donors (Lipinski definition) is 2. The van der Waals surface area contributed by atoms with Crippen LogP contribution in [0.15, 0.2) is 18.2 Å². The predicted molar refractivity (Wildman–Crippen MR) is 68.4 cm³/mol. The molecule has 0 heterocycles. The Hall–Kier alpha value is -1.75. The van der Waals surface area contributed by atoms with Gasteiger partial charge in [0.05, 0.1) is 14.2 Å². The van der Waals surface area contributed by atoms with Crippen LogP contribution in [0.4, 0.5) is 0 Å². The Kier molecular flexibility index (Phi) is 5.45. The molecule has 0 aliphatic rings. The van der Waals surface area contributed by atoms with Crippen LogP contribution >= 0.6 is 0 Å². The van der Waals surface area contributed by atoms with E-state index in [9.17, 15) is 4.79 Å². The lowest BCUT2D eigenvalue weighted by Gasteiger charge is -2.13. The van der Waals surface area contributed by atoms with Gasteiger partial charge in [0.25, 0.3) is 0 Å². The van der Waals surface area contributed by atoms with E-state index in [1.54, 1.807) is 27.3 Å². The minimum absolute atomic E-state index is 0.508. The van der Waals surface area contributed by atoms with Gasteiger partial charge in [0.15, 0.2) is 0 Å². The summed E-state index contributed by atoms with van der Waals surface area (Å²) in [4.78, 5) is 10.9. The fraction of sp³-hybridized carbons (Fsp3) is 0.462. The van der Waals surface area contributed by atoms with Gasteiger partial charge in [-0.05, 0) is 31.5 Å². The number of benzene rings is 1. The molecule has 18 heavy (non-hydrogen) atoms. The highest BCUT2D eigenvalue weighted by Crippen LogP contribution is 2.25. The number of likely N-dealkylation sites (N-methyl/N-ethyl adjacent to an activating group) is 1. The molecule has 1 aromatic carbocycles. The second-order valence-corrected chi connectivity index (χ2v) is 3.90. The largest absolute Gasteiger partial charge is 0.497 e. The third kappa shape index (κ3) is 3.63. The van der Waals surface area contributed by atoms with Gasteiger partial charge in [0.1, 0.15) is 17.5 Å². The Labute approximate surface area is 107 Å². The van der Waals surface area contributed by atoms with Crippen LogP contribution in [0.2, 0.25) is 0 Å². The normalized spacial score (nSPS) is 11.9. The number of carboxylic acids is 1. The topological polar surface area (TPSA) is 67.8 Å². The molecular weight excluding hydrogens is 234 g/mol. The van der Waals surface area contributed by atoms with E-state index in [1.165, 1.54) is 0 Å². The van der Waals surface area contributed by atoms with Crippen LogP contribution in [-0.4, -0.2) is 38.4 Å². The highest BCUT2D eigenvalue weighted by atomic mass is 16.5. The molecule has 2 N–H and O–H groups in total.